The van der Waals surface area contributed by atoms with E-state index in [4.69, 9.17) is 32.7 Å². The van der Waals surface area contributed by atoms with Crippen LogP contribution in [0.15, 0.2) is 54.2 Å². The van der Waals surface area contributed by atoms with E-state index in [1.165, 1.54) is 18.9 Å². The lowest BCUT2D eigenvalue weighted by atomic mass is 10.2. The van der Waals surface area contributed by atoms with Crippen LogP contribution in [-0.4, -0.2) is 33.5 Å². The van der Waals surface area contributed by atoms with E-state index in [-0.39, 0.29) is 18.3 Å². The number of rotatable bonds is 10. The van der Waals surface area contributed by atoms with Gasteiger partial charge in [0.1, 0.15) is 18.1 Å². The van der Waals surface area contributed by atoms with Gasteiger partial charge >= 0.3 is 0 Å². The fourth-order valence-electron chi connectivity index (χ4n) is 2.80. The summed E-state index contributed by atoms with van der Waals surface area (Å²) in [4.78, 5) is 12.5. The third-order valence-corrected chi connectivity index (χ3v) is 5.83. The fraction of sp³-hybridized carbons (Fsp3) is 0.227. The molecule has 0 aliphatic carbocycles. The molecular formula is C22H22Cl2N4O3S. The molecule has 0 fully saturated rings. The average molecular weight is 493 g/mol. The Morgan fingerprint density at radius 3 is 2.78 bits per heavy atom. The number of methoxy groups -OCH3 is 1. The van der Waals surface area contributed by atoms with Crippen LogP contribution in [0.4, 0.5) is 5.69 Å². The normalized spacial score (nSPS) is 10.6. The van der Waals surface area contributed by atoms with Crippen molar-refractivity contribution in [2.24, 2.45) is 0 Å². The molecule has 1 N–H and O–H groups in total. The molecule has 0 unspecified atom stereocenters. The smallest absolute Gasteiger partial charge is 0.234 e. The molecule has 0 atom stereocenters. The molecule has 0 saturated carbocycles. The molecule has 0 aliphatic heterocycles. The van der Waals surface area contributed by atoms with Crippen LogP contribution < -0.4 is 14.8 Å². The van der Waals surface area contributed by atoms with Crippen molar-refractivity contribution in [1.82, 2.24) is 14.8 Å². The highest BCUT2D eigenvalue weighted by Crippen LogP contribution is 2.29. The second-order valence-corrected chi connectivity index (χ2v) is 8.49. The molecule has 0 spiro atoms. The van der Waals surface area contributed by atoms with Crippen LogP contribution in [0.3, 0.4) is 0 Å². The maximum absolute atomic E-state index is 12.5. The zero-order valence-electron chi connectivity index (χ0n) is 17.6. The van der Waals surface area contributed by atoms with Crippen LogP contribution in [0.1, 0.15) is 11.4 Å². The standard InChI is InChI=1S/C22H22Cl2N4O3S/c1-4-9-28-20(12-31-19-10-14(2)5-7-16(19)24)26-27-22(28)32-13-21(29)25-17-11-15(23)6-8-18(17)30-3/h4-8,10-11H,1,9,12-13H2,2-3H3,(H,25,29). The Balaban J connectivity index is 1.66. The Hall–Kier alpha value is -2.68. The van der Waals surface area contributed by atoms with Crippen LogP contribution in [0.5, 0.6) is 11.5 Å². The van der Waals surface area contributed by atoms with Crippen molar-refractivity contribution in [3.8, 4) is 11.5 Å². The lowest BCUT2D eigenvalue weighted by Crippen LogP contribution is -2.15. The minimum absolute atomic E-state index is 0.121. The average Bonchev–Trinajstić information content (AvgIpc) is 3.15. The molecule has 32 heavy (non-hydrogen) atoms. The summed E-state index contributed by atoms with van der Waals surface area (Å²) >= 11 is 13.5. The number of aryl methyl sites for hydroxylation is 1. The third-order valence-electron chi connectivity index (χ3n) is 4.32. The summed E-state index contributed by atoms with van der Waals surface area (Å²) in [5, 5.41) is 12.8. The lowest BCUT2D eigenvalue weighted by molar-refractivity contribution is -0.113. The molecule has 7 nitrogen and oxygen atoms in total. The summed E-state index contributed by atoms with van der Waals surface area (Å²) in [6.07, 6.45) is 1.73. The van der Waals surface area contributed by atoms with E-state index in [1.54, 1.807) is 30.3 Å². The van der Waals surface area contributed by atoms with Gasteiger partial charge in [-0.25, -0.2) is 0 Å². The number of carbonyl (C=O) groups is 1. The molecule has 0 aliphatic rings. The van der Waals surface area contributed by atoms with E-state index in [0.717, 1.165) is 5.56 Å². The number of nitrogens with one attached hydrogen (secondary N) is 1. The van der Waals surface area contributed by atoms with E-state index in [1.807, 2.05) is 23.6 Å². The minimum Gasteiger partial charge on any atom is -0.495 e. The summed E-state index contributed by atoms with van der Waals surface area (Å²) in [6, 6.07) is 10.6. The van der Waals surface area contributed by atoms with Crippen LogP contribution in [0.2, 0.25) is 10.0 Å². The van der Waals surface area contributed by atoms with Gasteiger partial charge in [-0.3, -0.25) is 9.36 Å². The van der Waals surface area contributed by atoms with Gasteiger partial charge in [0.25, 0.3) is 0 Å². The number of ether oxygens (including phenoxy) is 2. The number of anilines is 1. The first-order valence-electron chi connectivity index (χ1n) is 9.59. The first-order chi connectivity index (χ1) is 15.4. The van der Waals surface area contributed by atoms with E-state index in [0.29, 0.717) is 44.8 Å². The van der Waals surface area contributed by atoms with Crippen molar-refractivity contribution in [3.63, 3.8) is 0 Å². The Kier molecular flexibility index (Phi) is 8.44. The van der Waals surface area contributed by atoms with Gasteiger partial charge in [0.2, 0.25) is 5.91 Å². The van der Waals surface area contributed by atoms with Crippen molar-refractivity contribution in [2.75, 3.05) is 18.2 Å². The van der Waals surface area contributed by atoms with E-state index in [2.05, 4.69) is 22.1 Å². The summed E-state index contributed by atoms with van der Waals surface area (Å²) < 4.78 is 12.9. The van der Waals surface area contributed by atoms with Crippen molar-refractivity contribution in [1.29, 1.82) is 0 Å². The number of thioether (sulfide) groups is 1. The topological polar surface area (TPSA) is 78.3 Å². The molecule has 0 radical (unpaired) electrons. The van der Waals surface area contributed by atoms with Gasteiger partial charge in [-0.2, -0.15) is 0 Å². The summed E-state index contributed by atoms with van der Waals surface area (Å²) in [5.74, 6) is 1.59. The SMILES string of the molecule is C=CCn1c(COc2cc(C)ccc2Cl)nnc1SCC(=O)Nc1cc(Cl)ccc1OC. The highest BCUT2D eigenvalue weighted by molar-refractivity contribution is 7.99. The molecule has 1 aromatic heterocycles. The van der Waals surface area contributed by atoms with Gasteiger partial charge in [0.05, 0.1) is 23.6 Å². The van der Waals surface area contributed by atoms with Gasteiger partial charge in [0, 0.05) is 11.6 Å². The number of hydrogen-bond acceptors (Lipinski definition) is 6. The van der Waals surface area contributed by atoms with Crippen molar-refractivity contribution in [2.45, 2.75) is 25.2 Å². The fourth-order valence-corrected chi connectivity index (χ4v) is 3.91. The second kappa shape index (κ2) is 11.3. The first kappa shape index (κ1) is 24.0. The molecule has 3 aromatic rings. The van der Waals surface area contributed by atoms with Gasteiger partial charge in [-0.05, 0) is 42.8 Å². The summed E-state index contributed by atoms with van der Waals surface area (Å²) in [7, 11) is 1.53. The van der Waals surface area contributed by atoms with Crippen LogP contribution in [-0.2, 0) is 17.9 Å². The Morgan fingerprint density at radius 1 is 1.22 bits per heavy atom. The van der Waals surface area contributed by atoms with Gasteiger partial charge < -0.3 is 14.8 Å². The number of nitrogens with zero attached hydrogens (tertiary/aromatic N) is 3. The largest absolute Gasteiger partial charge is 0.495 e. The number of halogens is 2. The number of carbonyl (C=O) groups excluding carboxylic acids is 1. The second-order valence-electron chi connectivity index (χ2n) is 6.70. The van der Waals surface area contributed by atoms with E-state index in [9.17, 15) is 4.79 Å². The van der Waals surface area contributed by atoms with Gasteiger partial charge in [-0.15, -0.1) is 16.8 Å². The number of aromatic nitrogens is 3. The van der Waals surface area contributed by atoms with Crippen LogP contribution in [0, 0.1) is 6.92 Å². The minimum atomic E-state index is -0.229. The number of benzene rings is 2. The Labute approximate surface area is 200 Å². The highest BCUT2D eigenvalue weighted by atomic mass is 35.5. The monoisotopic (exact) mass is 492 g/mol. The van der Waals surface area contributed by atoms with E-state index < -0.39 is 0 Å². The van der Waals surface area contributed by atoms with Crippen molar-refractivity contribution < 1.29 is 14.3 Å². The number of amides is 1. The van der Waals surface area contributed by atoms with Gasteiger partial charge in [-0.1, -0.05) is 47.1 Å². The molecule has 0 saturated heterocycles. The molecule has 168 valence electrons. The molecule has 0 bridgehead atoms. The number of allylic oxidation sites excluding steroid dienone is 1. The quantitative estimate of drug-likeness (QED) is 0.301. The highest BCUT2D eigenvalue weighted by Gasteiger charge is 2.16. The van der Waals surface area contributed by atoms with Gasteiger partial charge in [0.15, 0.2) is 11.0 Å². The molecule has 3 rings (SSSR count). The van der Waals surface area contributed by atoms with Crippen molar-refractivity contribution >= 4 is 46.6 Å². The summed E-state index contributed by atoms with van der Waals surface area (Å²) in [5.41, 5.74) is 1.54. The third kappa shape index (κ3) is 6.18. The van der Waals surface area contributed by atoms with Crippen LogP contribution >= 0.6 is 35.0 Å². The lowest BCUT2D eigenvalue weighted by Gasteiger charge is -2.11. The molecule has 1 amide bonds. The molecular weight excluding hydrogens is 471 g/mol. The van der Waals surface area contributed by atoms with Crippen LogP contribution in [0.25, 0.3) is 0 Å². The molecule has 2 aromatic carbocycles. The van der Waals surface area contributed by atoms with E-state index >= 15 is 0 Å². The molecule has 1 heterocycles. The predicted octanol–water partition coefficient (Wildman–Crippen LogP) is 5.40. The zero-order valence-corrected chi connectivity index (χ0v) is 19.9. The summed E-state index contributed by atoms with van der Waals surface area (Å²) in [6.45, 7) is 6.40. The maximum atomic E-state index is 12.5. The predicted molar refractivity (Wildman–Crippen MR) is 128 cm³/mol. The zero-order chi connectivity index (χ0) is 23.1. The number of hydrogen-bond donors (Lipinski definition) is 1. The first-order valence-corrected chi connectivity index (χ1v) is 11.3. The van der Waals surface area contributed by atoms with Crippen molar-refractivity contribution in [3.05, 3.63) is 70.5 Å². The molecule has 10 heteroatoms. The Bertz CT molecular complexity index is 1120. The Morgan fingerprint density at radius 2 is 2.03 bits per heavy atom. The maximum Gasteiger partial charge on any atom is 0.234 e.